The molecule has 2 aromatic rings. The van der Waals surface area contributed by atoms with Crippen LogP contribution in [0.4, 0.5) is 11.5 Å². The van der Waals surface area contributed by atoms with Crippen LogP contribution in [0, 0.1) is 0 Å². The fourth-order valence-corrected chi connectivity index (χ4v) is 1.79. The summed E-state index contributed by atoms with van der Waals surface area (Å²) in [6, 6.07) is 10.7. The van der Waals surface area contributed by atoms with E-state index in [0.717, 1.165) is 17.4 Å². The molecule has 1 amide bonds. The SMILES string of the molecule is CCCNc1ccc(C(=O)Nc2ccc(Br)cc2)nn1. The highest BCUT2D eigenvalue weighted by molar-refractivity contribution is 9.10. The van der Waals surface area contributed by atoms with Gasteiger partial charge in [-0.25, -0.2) is 0 Å². The third kappa shape index (κ3) is 4.03. The van der Waals surface area contributed by atoms with Crippen LogP contribution in [0.1, 0.15) is 23.8 Å². The number of hydrogen-bond acceptors (Lipinski definition) is 4. The number of carbonyl (C=O) groups excluding carboxylic acids is 1. The molecular weight excluding hydrogens is 320 g/mol. The van der Waals surface area contributed by atoms with Gasteiger partial charge in [0.2, 0.25) is 0 Å². The highest BCUT2D eigenvalue weighted by atomic mass is 79.9. The Kier molecular flexibility index (Phi) is 5.06. The highest BCUT2D eigenvalue weighted by Gasteiger charge is 2.08. The smallest absolute Gasteiger partial charge is 0.276 e. The maximum absolute atomic E-state index is 12.0. The van der Waals surface area contributed by atoms with Crippen LogP contribution in [0.15, 0.2) is 40.9 Å². The second kappa shape index (κ2) is 7.00. The summed E-state index contributed by atoms with van der Waals surface area (Å²) in [5.41, 5.74) is 1.00. The van der Waals surface area contributed by atoms with E-state index >= 15 is 0 Å². The Bertz CT molecular complexity index is 569. The van der Waals surface area contributed by atoms with Gasteiger partial charge in [-0.2, -0.15) is 0 Å². The van der Waals surface area contributed by atoms with Gasteiger partial charge < -0.3 is 10.6 Å². The molecular formula is C14H15BrN4O. The molecule has 104 valence electrons. The van der Waals surface area contributed by atoms with Crippen LogP contribution in [-0.4, -0.2) is 22.6 Å². The summed E-state index contributed by atoms with van der Waals surface area (Å²) in [7, 11) is 0. The van der Waals surface area contributed by atoms with Crippen molar-refractivity contribution in [1.29, 1.82) is 0 Å². The highest BCUT2D eigenvalue weighted by Crippen LogP contribution is 2.14. The lowest BCUT2D eigenvalue weighted by atomic mass is 10.3. The lowest BCUT2D eigenvalue weighted by Gasteiger charge is -2.05. The third-order valence-corrected chi connectivity index (χ3v) is 3.08. The first kappa shape index (κ1) is 14.5. The number of halogens is 1. The molecule has 0 aliphatic heterocycles. The summed E-state index contributed by atoms with van der Waals surface area (Å²) in [6.45, 7) is 2.90. The number of nitrogens with zero attached hydrogens (tertiary/aromatic N) is 2. The van der Waals surface area contributed by atoms with Crippen molar-refractivity contribution in [3.8, 4) is 0 Å². The van der Waals surface area contributed by atoms with Crippen molar-refractivity contribution < 1.29 is 4.79 Å². The summed E-state index contributed by atoms with van der Waals surface area (Å²) in [6.07, 6.45) is 1.01. The zero-order valence-electron chi connectivity index (χ0n) is 11.1. The molecule has 1 heterocycles. The standard InChI is InChI=1S/C14H15BrN4O/c1-2-9-16-13-8-7-12(18-19-13)14(20)17-11-5-3-10(15)4-6-11/h3-8H,2,9H2,1H3,(H,16,19)(H,17,20). The van der Waals surface area contributed by atoms with E-state index < -0.39 is 0 Å². The lowest BCUT2D eigenvalue weighted by molar-refractivity contribution is 0.102. The van der Waals surface area contributed by atoms with Crippen LogP contribution < -0.4 is 10.6 Å². The van der Waals surface area contributed by atoms with Crippen molar-refractivity contribution in [2.45, 2.75) is 13.3 Å². The Hall–Kier alpha value is -1.95. The Labute approximate surface area is 125 Å². The zero-order chi connectivity index (χ0) is 14.4. The first-order valence-electron chi connectivity index (χ1n) is 6.33. The monoisotopic (exact) mass is 334 g/mol. The molecule has 2 rings (SSSR count). The average molecular weight is 335 g/mol. The van der Waals surface area contributed by atoms with Gasteiger partial charge in [-0.3, -0.25) is 4.79 Å². The van der Waals surface area contributed by atoms with Gasteiger partial charge in [0.1, 0.15) is 5.82 Å². The van der Waals surface area contributed by atoms with Gasteiger partial charge in [0.25, 0.3) is 5.91 Å². The summed E-state index contributed by atoms with van der Waals surface area (Å²) in [5, 5.41) is 13.7. The Balaban J connectivity index is 2.00. The minimum Gasteiger partial charge on any atom is -0.369 e. The number of rotatable bonds is 5. The minimum atomic E-state index is -0.276. The summed E-state index contributed by atoms with van der Waals surface area (Å²) < 4.78 is 0.960. The van der Waals surface area contributed by atoms with Gasteiger partial charge in [-0.05, 0) is 42.8 Å². The predicted octanol–water partition coefficient (Wildman–Crippen LogP) is 3.31. The van der Waals surface area contributed by atoms with Crippen LogP contribution in [-0.2, 0) is 0 Å². The molecule has 6 heteroatoms. The Morgan fingerprint density at radius 3 is 2.50 bits per heavy atom. The second-order valence-corrected chi connectivity index (χ2v) is 5.11. The summed E-state index contributed by atoms with van der Waals surface area (Å²) >= 11 is 3.34. The molecule has 0 radical (unpaired) electrons. The number of nitrogens with one attached hydrogen (secondary N) is 2. The van der Waals surface area contributed by atoms with E-state index in [1.807, 2.05) is 24.3 Å². The van der Waals surface area contributed by atoms with Crippen LogP contribution in [0.25, 0.3) is 0 Å². The quantitative estimate of drug-likeness (QED) is 0.880. The topological polar surface area (TPSA) is 66.9 Å². The molecule has 0 saturated heterocycles. The molecule has 2 N–H and O–H groups in total. The number of amides is 1. The van der Waals surface area contributed by atoms with Gasteiger partial charge in [-0.15, -0.1) is 10.2 Å². The number of hydrogen-bond donors (Lipinski definition) is 2. The molecule has 0 atom stereocenters. The number of carbonyl (C=O) groups is 1. The number of benzene rings is 1. The fourth-order valence-electron chi connectivity index (χ4n) is 1.53. The zero-order valence-corrected chi connectivity index (χ0v) is 12.6. The molecule has 1 aromatic heterocycles. The largest absolute Gasteiger partial charge is 0.369 e. The van der Waals surface area contributed by atoms with E-state index in [-0.39, 0.29) is 11.6 Å². The maximum atomic E-state index is 12.0. The average Bonchev–Trinajstić information content (AvgIpc) is 2.48. The van der Waals surface area contributed by atoms with Gasteiger partial charge in [0, 0.05) is 16.7 Å². The minimum absolute atomic E-state index is 0.276. The van der Waals surface area contributed by atoms with Crippen LogP contribution in [0.2, 0.25) is 0 Å². The summed E-state index contributed by atoms with van der Waals surface area (Å²) in [5.74, 6) is 0.397. The first-order chi connectivity index (χ1) is 9.69. The van der Waals surface area contributed by atoms with Crippen LogP contribution in [0.5, 0.6) is 0 Å². The lowest BCUT2D eigenvalue weighted by Crippen LogP contribution is -2.15. The van der Waals surface area contributed by atoms with E-state index in [1.54, 1.807) is 12.1 Å². The van der Waals surface area contributed by atoms with Crippen molar-refractivity contribution in [3.05, 3.63) is 46.6 Å². The van der Waals surface area contributed by atoms with Crippen molar-refractivity contribution >= 4 is 33.3 Å². The molecule has 0 unspecified atom stereocenters. The fraction of sp³-hybridized carbons (Fsp3) is 0.214. The van der Waals surface area contributed by atoms with Gasteiger partial charge in [0.15, 0.2) is 5.69 Å². The van der Waals surface area contributed by atoms with Crippen molar-refractivity contribution in [2.75, 3.05) is 17.2 Å². The molecule has 20 heavy (non-hydrogen) atoms. The molecule has 1 aromatic carbocycles. The van der Waals surface area contributed by atoms with Crippen molar-refractivity contribution in [2.24, 2.45) is 0 Å². The van der Waals surface area contributed by atoms with Gasteiger partial charge in [0.05, 0.1) is 0 Å². The van der Waals surface area contributed by atoms with Crippen molar-refractivity contribution in [1.82, 2.24) is 10.2 Å². The normalized spacial score (nSPS) is 10.1. The van der Waals surface area contributed by atoms with E-state index in [2.05, 4.69) is 43.7 Å². The molecule has 0 spiro atoms. The number of anilines is 2. The van der Waals surface area contributed by atoms with Crippen LogP contribution in [0.3, 0.4) is 0 Å². The van der Waals surface area contributed by atoms with E-state index in [0.29, 0.717) is 11.5 Å². The van der Waals surface area contributed by atoms with Crippen molar-refractivity contribution in [3.63, 3.8) is 0 Å². The molecule has 0 bridgehead atoms. The molecule has 0 saturated carbocycles. The maximum Gasteiger partial charge on any atom is 0.276 e. The van der Waals surface area contributed by atoms with Crippen LogP contribution >= 0.6 is 15.9 Å². The van der Waals surface area contributed by atoms with Gasteiger partial charge >= 0.3 is 0 Å². The number of aromatic nitrogens is 2. The van der Waals surface area contributed by atoms with Gasteiger partial charge in [-0.1, -0.05) is 22.9 Å². The second-order valence-electron chi connectivity index (χ2n) is 4.19. The summed E-state index contributed by atoms with van der Waals surface area (Å²) in [4.78, 5) is 12.0. The molecule has 5 nitrogen and oxygen atoms in total. The Morgan fingerprint density at radius 2 is 1.90 bits per heavy atom. The third-order valence-electron chi connectivity index (χ3n) is 2.56. The molecule has 0 aliphatic rings. The molecule has 0 fully saturated rings. The Morgan fingerprint density at radius 1 is 1.15 bits per heavy atom. The van der Waals surface area contributed by atoms with E-state index in [4.69, 9.17) is 0 Å². The predicted molar refractivity (Wildman–Crippen MR) is 82.9 cm³/mol. The molecule has 0 aliphatic carbocycles. The first-order valence-corrected chi connectivity index (χ1v) is 7.13. The van der Waals surface area contributed by atoms with E-state index in [1.165, 1.54) is 0 Å². The van der Waals surface area contributed by atoms with E-state index in [9.17, 15) is 4.79 Å².